The zero-order valence-electron chi connectivity index (χ0n) is 12.0. The summed E-state index contributed by atoms with van der Waals surface area (Å²) < 4.78 is 11.0. The number of ether oxygens (including phenoxy) is 2. The van der Waals surface area contributed by atoms with Crippen molar-refractivity contribution in [3.8, 4) is 0 Å². The predicted octanol–water partition coefficient (Wildman–Crippen LogP) is 1.34. The minimum absolute atomic E-state index is 0.128. The van der Waals surface area contributed by atoms with E-state index in [0.717, 1.165) is 13.1 Å². The fourth-order valence-electron chi connectivity index (χ4n) is 2.91. The monoisotopic (exact) mass is 264 g/mol. The molecule has 2 rings (SSSR count). The van der Waals surface area contributed by atoms with Gasteiger partial charge in [0.1, 0.15) is 0 Å². The lowest BCUT2D eigenvalue weighted by Crippen LogP contribution is -2.33. The highest BCUT2D eigenvalue weighted by Gasteiger charge is 2.36. The molecule has 1 heterocycles. The molecule has 106 valence electrons. The Hall–Kier alpha value is -0.940. The molecular formula is C15H24N2O2. The number of rotatable bonds is 5. The van der Waals surface area contributed by atoms with Gasteiger partial charge in [-0.05, 0) is 18.1 Å². The molecule has 1 aromatic carbocycles. The van der Waals surface area contributed by atoms with Crippen LogP contribution in [0.5, 0.6) is 0 Å². The normalized spacial score (nSPS) is 25.7. The number of nitrogens with two attached hydrogens (primary N) is 1. The summed E-state index contributed by atoms with van der Waals surface area (Å²) in [6.45, 7) is 4.48. The van der Waals surface area contributed by atoms with E-state index < -0.39 is 0 Å². The molecule has 3 unspecified atom stereocenters. The van der Waals surface area contributed by atoms with Crippen LogP contribution in [0.1, 0.15) is 17.2 Å². The van der Waals surface area contributed by atoms with Gasteiger partial charge in [0.2, 0.25) is 0 Å². The second-order valence-electron chi connectivity index (χ2n) is 5.11. The molecule has 0 saturated carbocycles. The number of nitrogens with zero attached hydrogens (tertiary/aromatic N) is 1. The Labute approximate surface area is 115 Å². The van der Waals surface area contributed by atoms with Crippen LogP contribution in [0.2, 0.25) is 0 Å². The van der Waals surface area contributed by atoms with Crippen LogP contribution in [-0.4, -0.2) is 51.0 Å². The van der Waals surface area contributed by atoms with E-state index in [0.29, 0.717) is 6.54 Å². The van der Waals surface area contributed by atoms with Crippen LogP contribution >= 0.6 is 0 Å². The maximum Gasteiger partial charge on any atom is 0.0972 e. The second-order valence-corrected chi connectivity index (χ2v) is 5.11. The van der Waals surface area contributed by atoms with Crippen molar-refractivity contribution in [1.29, 1.82) is 0 Å². The summed E-state index contributed by atoms with van der Waals surface area (Å²) in [6, 6.07) is 8.67. The molecule has 1 saturated heterocycles. The maximum absolute atomic E-state index is 6.00. The van der Waals surface area contributed by atoms with Crippen molar-refractivity contribution >= 4 is 0 Å². The van der Waals surface area contributed by atoms with Gasteiger partial charge in [-0.3, -0.25) is 4.90 Å². The van der Waals surface area contributed by atoms with Gasteiger partial charge in [0.25, 0.3) is 0 Å². The van der Waals surface area contributed by atoms with Crippen molar-refractivity contribution in [3.05, 3.63) is 35.4 Å². The molecule has 0 aliphatic carbocycles. The summed E-state index contributed by atoms with van der Waals surface area (Å²) in [4.78, 5) is 2.37. The molecule has 0 spiro atoms. The molecule has 1 aliphatic heterocycles. The van der Waals surface area contributed by atoms with Crippen LogP contribution in [0.25, 0.3) is 0 Å². The van der Waals surface area contributed by atoms with Crippen LogP contribution in [0.15, 0.2) is 24.3 Å². The Bertz CT molecular complexity index is 399. The standard InChI is InChI=1S/C15H24N2O2/c1-11-6-4-5-7-12(11)13(8-16)17-9-14(18-2)15(10-17)19-3/h4-7,13-15H,8-10,16H2,1-3H3. The van der Waals surface area contributed by atoms with Crippen LogP contribution in [-0.2, 0) is 9.47 Å². The average Bonchev–Trinajstić information content (AvgIpc) is 2.85. The molecule has 0 aromatic heterocycles. The van der Waals surface area contributed by atoms with E-state index in [2.05, 4.69) is 36.1 Å². The minimum atomic E-state index is 0.128. The Morgan fingerprint density at radius 1 is 1.21 bits per heavy atom. The van der Waals surface area contributed by atoms with E-state index in [1.807, 2.05) is 0 Å². The quantitative estimate of drug-likeness (QED) is 0.872. The third-order valence-corrected chi connectivity index (χ3v) is 4.06. The van der Waals surface area contributed by atoms with Gasteiger partial charge in [-0.25, -0.2) is 0 Å². The minimum Gasteiger partial charge on any atom is -0.377 e. The molecule has 3 atom stereocenters. The first-order valence-electron chi connectivity index (χ1n) is 6.76. The second kappa shape index (κ2) is 6.48. The number of hydrogen-bond acceptors (Lipinski definition) is 4. The highest BCUT2D eigenvalue weighted by Crippen LogP contribution is 2.28. The van der Waals surface area contributed by atoms with Crippen molar-refractivity contribution in [3.63, 3.8) is 0 Å². The topological polar surface area (TPSA) is 47.7 Å². The Kier molecular flexibility index (Phi) is 4.93. The highest BCUT2D eigenvalue weighted by atomic mass is 16.5. The lowest BCUT2D eigenvalue weighted by atomic mass is 10.0. The summed E-state index contributed by atoms with van der Waals surface area (Å²) in [5, 5.41) is 0. The van der Waals surface area contributed by atoms with Gasteiger partial charge in [0.15, 0.2) is 0 Å². The van der Waals surface area contributed by atoms with Crippen LogP contribution < -0.4 is 5.73 Å². The van der Waals surface area contributed by atoms with Crippen LogP contribution in [0.4, 0.5) is 0 Å². The lowest BCUT2D eigenvalue weighted by molar-refractivity contribution is -0.00461. The van der Waals surface area contributed by atoms with E-state index in [1.54, 1.807) is 14.2 Å². The van der Waals surface area contributed by atoms with E-state index in [4.69, 9.17) is 15.2 Å². The van der Waals surface area contributed by atoms with Crippen molar-refractivity contribution in [2.24, 2.45) is 5.73 Å². The van der Waals surface area contributed by atoms with Crippen LogP contribution in [0, 0.1) is 6.92 Å². The number of aryl methyl sites for hydroxylation is 1. The van der Waals surface area contributed by atoms with Crippen molar-refractivity contribution < 1.29 is 9.47 Å². The Morgan fingerprint density at radius 2 is 1.79 bits per heavy atom. The average molecular weight is 264 g/mol. The highest BCUT2D eigenvalue weighted by molar-refractivity contribution is 5.29. The summed E-state index contributed by atoms with van der Waals surface area (Å²) in [7, 11) is 3.48. The number of hydrogen-bond donors (Lipinski definition) is 1. The molecule has 0 amide bonds. The molecule has 4 nitrogen and oxygen atoms in total. The molecule has 0 bridgehead atoms. The number of likely N-dealkylation sites (tertiary alicyclic amines) is 1. The largest absolute Gasteiger partial charge is 0.377 e. The Balaban J connectivity index is 2.18. The van der Waals surface area contributed by atoms with Gasteiger partial charge in [0, 0.05) is 39.9 Å². The van der Waals surface area contributed by atoms with Crippen LogP contribution in [0.3, 0.4) is 0 Å². The summed E-state index contributed by atoms with van der Waals surface area (Å²) in [5.41, 5.74) is 8.59. The molecule has 1 aliphatic rings. The summed E-state index contributed by atoms with van der Waals surface area (Å²) >= 11 is 0. The molecule has 1 aromatic rings. The maximum atomic E-state index is 6.00. The molecular weight excluding hydrogens is 240 g/mol. The van der Waals surface area contributed by atoms with Gasteiger partial charge in [0.05, 0.1) is 12.2 Å². The molecule has 19 heavy (non-hydrogen) atoms. The zero-order chi connectivity index (χ0) is 13.8. The first-order valence-corrected chi connectivity index (χ1v) is 6.76. The van der Waals surface area contributed by atoms with Crippen molar-refractivity contribution in [2.45, 2.75) is 25.2 Å². The van der Waals surface area contributed by atoms with E-state index in [9.17, 15) is 0 Å². The third kappa shape index (κ3) is 2.98. The SMILES string of the molecule is COC1CN(C(CN)c2ccccc2C)CC1OC. The van der Waals surface area contributed by atoms with E-state index >= 15 is 0 Å². The number of benzene rings is 1. The van der Waals surface area contributed by atoms with E-state index in [-0.39, 0.29) is 18.2 Å². The molecule has 4 heteroatoms. The first-order chi connectivity index (χ1) is 9.21. The molecule has 0 radical (unpaired) electrons. The van der Waals surface area contributed by atoms with Gasteiger partial charge in [-0.1, -0.05) is 24.3 Å². The van der Waals surface area contributed by atoms with E-state index in [1.165, 1.54) is 11.1 Å². The first kappa shape index (κ1) is 14.5. The lowest BCUT2D eigenvalue weighted by Gasteiger charge is -2.28. The smallest absolute Gasteiger partial charge is 0.0972 e. The summed E-state index contributed by atoms with van der Waals surface area (Å²) in [5.74, 6) is 0. The van der Waals surface area contributed by atoms with Crippen molar-refractivity contribution in [2.75, 3.05) is 33.9 Å². The molecule has 1 fully saturated rings. The predicted molar refractivity (Wildman–Crippen MR) is 76.1 cm³/mol. The van der Waals surface area contributed by atoms with Gasteiger partial charge < -0.3 is 15.2 Å². The zero-order valence-corrected chi connectivity index (χ0v) is 12.0. The fourth-order valence-corrected chi connectivity index (χ4v) is 2.91. The van der Waals surface area contributed by atoms with Gasteiger partial charge in [-0.2, -0.15) is 0 Å². The Morgan fingerprint density at radius 3 is 2.26 bits per heavy atom. The van der Waals surface area contributed by atoms with Crippen molar-refractivity contribution in [1.82, 2.24) is 4.90 Å². The molecule has 2 N–H and O–H groups in total. The third-order valence-electron chi connectivity index (χ3n) is 4.06. The van der Waals surface area contributed by atoms with Gasteiger partial charge >= 0.3 is 0 Å². The fraction of sp³-hybridized carbons (Fsp3) is 0.600. The summed E-state index contributed by atoms with van der Waals surface area (Å²) in [6.07, 6.45) is 0.256. The number of methoxy groups -OCH3 is 2. The van der Waals surface area contributed by atoms with Gasteiger partial charge in [-0.15, -0.1) is 0 Å².